The van der Waals surface area contributed by atoms with Gasteiger partial charge >= 0.3 is 0 Å². The molecule has 0 amide bonds. The Morgan fingerprint density at radius 2 is 2.00 bits per heavy atom. The van der Waals surface area contributed by atoms with Crippen molar-refractivity contribution < 1.29 is 9.84 Å². The van der Waals surface area contributed by atoms with Crippen molar-refractivity contribution in [3.63, 3.8) is 0 Å². The van der Waals surface area contributed by atoms with Crippen LogP contribution in [0.1, 0.15) is 38.7 Å². The van der Waals surface area contributed by atoms with E-state index in [4.69, 9.17) is 4.74 Å². The second kappa shape index (κ2) is 7.92. The molecule has 3 heteroatoms. The maximum absolute atomic E-state index is 9.83. The molecule has 2 N–H and O–H groups in total. The minimum atomic E-state index is -0.235. The fraction of sp³-hybridized carbons (Fsp3) is 0.667. The Labute approximate surface area is 128 Å². The van der Waals surface area contributed by atoms with E-state index in [1.807, 2.05) is 6.07 Å². The van der Waals surface area contributed by atoms with E-state index in [1.165, 1.54) is 18.4 Å². The van der Waals surface area contributed by atoms with Gasteiger partial charge in [0.05, 0.1) is 18.8 Å². The molecule has 0 bridgehead atoms. The lowest BCUT2D eigenvalue weighted by Gasteiger charge is -2.35. The maximum atomic E-state index is 9.83. The molecule has 1 aromatic carbocycles. The minimum Gasteiger partial charge on any atom is -0.394 e. The highest BCUT2D eigenvalue weighted by atomic mass is 16.5. The van der Waals surface area contributed by atoms with E-state index in [0.29, 0.717) is 18.6 Å². The molecule has 1 aromatic rings. The Morgan fingerprint density at radius 1 is 1.29 bits per heavy atom. The maximum Gasteiger partial charge on any atom is 0.0681 e. The second-order valence-corrected chi connectivity index (χ2v) is 6.53. The lowest BCUT2D eigenvalue weighted by Crippen LogP contribution is -2.56. The zero-order valence-corrected chi connectivity index (χ0v) is 13.3. The normalized spacial score (nSPS) is 17.9. The molecule has 0 heterocycles. The number of nitrogens with one attached hydrogen (secondary N) is 1. The average Bonchev–Trinajstić information content (AvgIpc) is 3.31. The first-order chi connectivity index (χ1) is 10.2. The van der Waals surface area contributed by atoms with Crippen LogP contribution < -0.4 is 5.32 Å². The van der Waals surface area contributed by atoms with Gasteiger partial charge in [0.2, 0.25) is 0 Å². The number of hydrogen-bond donors (Lipinski definition) is 2. The fourth-order valence-corrected chi connectivity index (χ4v) is 2.99. The van der Waals surface area contributed by atoms with Crippen LogP contribution in [0.3, 0.4) is 0 Å². The average molecular weight is 291 g/mol. The number of aryl methyl sites for hydroxylation is 1. The summed E-state index contributed by atoms with van der Waals surface area (Å²) >= 11 is 0. The van der Waals surface area contributed by atoms with Gasteiger partial charge in [-0.25, -0.2) is 0 Å². The predicted octanol–water partition coefficient (Wildman–Crippen LogP) is 2.77. The molecule has 2 rings (SSSR count). The molecule has 1 aliphatic carbocycles. The third-order valence-electron chi connectivity index (χ3n) is 4.17. The SMILES string of the molecule is CC(C)NC(CO)(COCCCc1ccccc1)C1CC1. The summed E-state index contributed by atoms with van der Waals surface area (Å²) in [5.74, 6) is 0.569. The van der Waals surface area contributed by atoms with Gasteiger partial charge in [0.15, 0.2) is 0 Å². The summed E-state index contributed by atoms with van der Waals surface area (Å²) in [6.07, 6.45) is 4.48. The number of rotatable bonds is 10. The zero-order valence-electron chi connectivity index (χ0n) is 13.3. The Bertz CT molecular complexity index is 403. The van der Waals surface area contributed by atoms with Crippen molar-refractivity contribution in [2.24, 2.45) is 5.92 Å². The number of hydrogen-bond acceptors (Lipinski definition) is 3. The molecule has 0 radical (unpaired) electrons. The van der Waals surface area contributed by atoms with E-state index in [2.05, 4.69) is 43.4 Å². The van der Waals surface area contributed by atoms with Crippen LogP contribution in [0.5, 0.6) is 0 Å². The first kappa shape index (κ1) is 16.5. The van der Waals surface area contributed by atoms with Crippen LogP contribution in [0.2, 0.25) is 0 Å². The third-order valence-corrected chi connectivity index (χ3v) is 4.17. The summed E-state index contributed by atoms with van der Waals surface area (Å²) in [5, 5.41) is 13.4. The van der Waals surface area contributed by atoms with Crippen molar-refractivity contribution in [1.29, 1.82) is 0 Å². The molecular weight excluding hydrogens is 262 g/mol. The smallest absolute Gasteiger partial charge is 0.0681 e. The molecule has 1 atom stereocenters. The molecule has 0 aliphatic heterocycles. The van der Waals surface area contributed by atoms with E-state index < -0.39 is 0 Å². The van der Waals surface area contributed by atoms with Crippen molar-refractivity contribution in [2.45, 2.75) is 51.1 Å². The molecule has 1 fully saturated rings. The molecule has 1 aliphatic rings. The van der Waals surface area contributed by atoms with Crippen LogP contribution in [0.4, 0.5) is 0 Å². The highest BCUT2D eigenvalue weighted by Crippen LogP contribution is 2.40. The Morgan fingerprint density at radius 3 is 2.57 bits per heavy atom. The fourth-order valence-electron chi connectivity index (χ4n) is 2.99. The van der Waals surface area contributed by atoms with Crippen LogP contribution >= 0.6 is 0 Å². The van der Waals surface area contributed by atoms with Crippen LogP contribution in [0.15, 0.2) is 30.3 Å². The van der Waals surface area contributed by atoms with E-state index in [0.717, 1.165) is 19.4 Å². The molecule has 0 saturated heterocycles. The van der Waals surface area contributed by atoms with E-state index >= 15 is 0 Å². The molecule has 118 valence electrons. The van der Waals surface area contributed by atoms with E-state index in [-0.39, 0.29) is 12.1 Å². The van der Waals surface area contributed by atoms with Crippen molar-refractivity contribution in [2.75, 3.05) is 19.8 Å². The number of aliphatic hydroxyl groups is 1. The molecule has 0 aromatic heterocycles. The topological polar surface area (TPSA) is 41.5 Å². The van der Waals surface area contributed by atoms with E-state index in [1.54, 1.807) is 0 Å². The summed E-state index contributed by atoms with van der Waals surface area (Å²) in [6.45, 7) is 5.78. The monoisotopic (exact) mass is 291 g/mol. The lowest BCUT2D eigenvalue weighted by atomic mass is 9.94. The van der Waals surface area contributed by atoms with Gasteiger partial charge in [0, 0.05) is 12.6 Å². The number of benzene rings is 1. The molecule has 3 nitrogen and oxygen atoms in total. The standard InChI is InChI=1S/C18H29NO2/c1-15(2)19-18(13-20,17-10-11-17)14-21-12-6-9-16-7-4-3-5-8-16/h3-5,7-8,15,17,19-20H,6,9-14H2,1-2H3. The number of ether oxygens (including phenoxy) is 1. The summed E-state index contributed by atoms with van der Waals surface area (Å²) in [6, 6.07) is 10.9. The van der Waals surface area contributed by atoms with Gasteiger partial charge in [-0.05, 0) is 37.2 Å². The first-order valence-electron chi connectivity index (χ1n) is 8.16. The highest BCUT2D eigenvalue weighted by molar-refractivity contribution is 5.14. The zero-order chi connectivity index (χ0) is 15.1. The second-order valence-electron chi connectivity index (χ2n) is 6.53. The minimum absolute atomic E-state index is 0.161. The molecule has 0 spiro atoms. The summed E-state index contributed by atoms with van der Waals surface area (Å²) in [5.41, 5.74) is 1.12. The van der Waals surface area contributed by atoms with Crippen LogP contribution in [-0.4, -0.2) is 36.5 Å². The highest BCUT2D eigenvalue weighted by Gasteiger charge is 2.45. The molecule has 1 unspecified atom stereocenters. The van der Waals surface area contributed by atoms with Crippen molar-refractivity contribution in [3.05, 3.63) is 35.9 Å². The Balaban J connectivity index is 1.72. The quantitative estimate of drug-likeness (QED) is 0.651. The van der Waals surface area contributed by atoms with E-state index in [9.17, 15) is 5.11 Å². The molecular formula is C18H29NO2. The van der Waals surface area contributed by atoms with Gasteiger partial charge < -0.3 is 15.2 Å². The Hall–Kier alpha value is -0.900. The van der Waals surface area contributed by atoms with Crippen LogP contribution in [0.25, 0.3) is 0 Å². The van der Waals surface area contributed by atoms with Gasteiger partial charge in [-0.2, -0.15) is 0 Å². The van der Waals surface area contributed by atoms with Crippen molar-refractivity contribution in [1.82, 2.24) is 5.32 Å². The molecule has 1 saturated carbocycles. The van der Waals surface area contributed by atoms with Gasteiger partial charge in [0.25, 0.3) is 0 Å². The predicted molar refractivity (Wildman–Crippen MR) is 86.4 cm³/mol. The van der Waals surface area contributed by atoms with Crippen molar-refractivity contribution >= 4 is 0 Å². The lowest BCUT2D eigenvalue weighted by molar-refractivity contribution is 0.0185. The summed E-state index contributed by atoms with van der Waals surface area (Å²) in [7, 11) is 0. The summed E-state index contributed by atoms with van der Waals surface area (Å²) in [4.78, 5) is 0. The Kier molecular flexibility index (Phi) is 6.22. The summed E-state index contributed by atoms with van der Waals surface area (Å²) < 4.78 is 5.89. The first-order valence-corrected chi connectivity index (χ1v) is 8.16. The van der Waals surface area contributed by atoms with Gasteiger partial charge in [-0.1, -0.05) is 44.2 Å². The number of aliphatic hydroxyl groups excluding tert-OH is 1. The van der Waals surface area contributed by atoms with Gasteiger partial charge in [-0.3, -0.25) is 0 Å². The van der Waals surface area contributed by atoms with Crippen molar-refractivity contribution in [3.8, 4) is 0 Å². The largest absolute Gasteiger partial charge is 0.394 e. The van der Waals surface area contributed by atoms with Crippen LogP contribution in [0, 0.1) is 5.92 Å². The van der Waals surface area contributed by atoms with Gasteiger partial charge in [0.1, 0.15) is 0 Å². The molecule has 21 heavy (non-hydrogen) atoms. The van der Waals surface area contributed by atoms with Gasteiger partial charge in [-0.15, -0.1) is 0 Å². The van der Waals surface area contributed by atoms with Crippen LogP contribution in [-0.2, 0) is 11.2 Å². The third kappa shape index (κ3) is 5.10.